The largest absolute Gasteiger partial charge is 0.390 e. The van der Waals surface area contributed by atoms with Gasteiger partial charge in [-0.15, -0.1) is 0 Å². The van der Waals surface area contributed by atoms with Crippen LogP contribution in [0.3, 0.4) is 0 Å². The summed E-state index contributed by atoms with van der Waals surface area (Å²) >= 11 is 0. The molecule has 1 aliphatic heterocycles. The van der Waals surface area contributed by atoms with E-state index in [0.29, 0.717) is 5.41 Å². The van der Waals surface area contributed by atoms with Gasteiger partial charge in [0.2, 0.25) is 0 Å². The smallest absolute Gasteiger partial charge is 0.0622 e. The van der Waals surface area contributed by atoms with Crippen molar-refractivity contribution in [1.29, 1.82) is 0 Å². The highest BCUT2D eigenvalue weighted by Gasteiger charge is 2.57. The molecular weight excluding hydrogens is 358 g/mol. The lowest BCUT2D eigenvalue weighted by atomic mass is 9.49. The first kappa shape index (κ1) is 20.5. The molecule has 8 atom stereocenters. The van der Waals surface area contributed by atoms with Crippen molar-refractivity contribution in [2.45, 2.75) is 77.2 Å². The molecule has 3 heteroatoms. The molecule has 0 bridgehead atoms. The minimum absolute atomic E-state index is 0.396. The number of hydrogen-bond acceptors (Lipinski definition) is 3. The average Bonchev–Trinajstić information content (AvgIpc) is 3.05. The van der Waals surface area contributed by atoms with E-state index in [1.54, 1.807) is 0 Å². The summed E-state index contributed by atoms with van der Waals surface area (Å²) in [4.78, 5) is 2.56. The van der Waals surface area contributed by atoms with Gasteiger partial charge in [0.15, 0.2) is 0 Å². The van der Waals surface area contributed by atoms with E-state index in [0.717, 1.165) is 81.2 Å². The Morgan fingerprint density at radius 2 is 1.72 bits per heavy atom. The van der Waals surface area contributed by atoms with Crippen molar-refractivity contribution in [3.8, 4) is 0 Å². The second-order valence-electron chi connectivity index (χ2n) is 11.9. The first-order valence-corrected chi connectivity index (χ1v) is 12.6. The maximum Gasteiger partial charge on any atom is 0.0622 e. The van der Waals surface area contributed by atoms with E-state index in [9.17, 15) is 5.11 Å². The predicted molar refractivity (Wildman–Crippen MR) is 118 cm³/mol. The zero-order chi connectivity index (χ0) is 20.2. The molecule has 0 amide bonds. The summed E-state index contributed by atoms with van der Waals surface area (Å²) in [6, 6.07) is 0. The predicted octanol–water partition coefficient (Wildman–Crippen LogP) is 4.89. The summed E-state index contributed by atoms with van der Waals surface area (Å²) in [5, 5.41) is 10.6. The normalized spacial score (nSPS) is 50.4. The Kier molecular flexibility index (Phi) is 5.40. The fourth-order valence-electron chi connectivity index (χ4n) is 8.91. The summed E-state index contributed by atoms with van der Waals surface area (Å²) in [5.41, 5.74) is 1.60. The molecule has 4 aliphatic carbocycles. The average molecular weight is 402 g/mol. The SMILES string of the molecule is C=C(CN1CCOCC1)[C@H]1CC[C@H]2[C@@H]3CC[C@@H]4C[C@@](C)(O)CC[C@@H]4[C@H]3CC[C@]12C. The molecule has 0 aromatic heterocycles. The number of rotatable bonds is 3. The maximum atomic E-state index is 10.6. The van der Waals surface area contributed by atoms with Crippen molar-refractivity contribution in [3.05, 3.63) is 12.2 Å². The number of ether oxygens (including phenoxy) is 1. The van der Waals surface area contributed by atoms with E-state index in [1.807, 2.05) is 0 Å². The van der Waals surface area contributed by atoms with Gasteiger partial charge in [-0.3, -0.25) is 4.90 Å². The highest BCUT2D eigenvalue weighted by molar-refractivity contribution is 5.16. The molecule has 4 saturated carbocycles. The third-order valence-corrected chi connectivity index (χ3v) is 10.3. The van der Waals surface area contributed by atoms with Crippen LogP contribution in [0.5, 0.6) is 0 Å². The van der Waals surface area contributed by atoms with Crippen LogP contribution in [0, 0.1) is 40.9 Å². The Morgan fingerprint density at radius 3 is 2.52 bits per heavy atom. The fraction of sp³-hybridized carbons (Fsp3) is 0.923. The lowest BCUT2D eigenvalue weighted by Crippen LogP contribution is -2.50. The summed E-state index contributed by atoms with van der Waals surface area (Å²) in [5.74, 6) is 5.21. The minimum atomic E-state index is -0.396. The molecule has 0 spiro atoms. The van der Waals surface area contributed by atoms with Gasteiger partial charge in [0, 0.05) is 19.6 Å². The molecule has 0 aromatic carbocycles. The lowest BCUT2D eigenvalue weighted by molar-refractivity contribution is -0.0980. The van der Waals surface area contributed by atoms with Gasteiger partial charge in [0.25, 0.3) is 0 Å². The number of fused-ring (bicyclic) bond motifs is 5. The molecular formula is C26H43NO2. The number of nitrogens with zero attached hydrogens (tertiary/aromatic N) is 1. The molecule has 0 radical (unpaired) electrons. The summed E-state index contributed by atoms with van der Waals surface area (Å²) < 4.78 is 5.54. The van der Waals surface area contributed by atoms with Crippen molar-refractivity contribution in [2.24, 2.45) is 40.9 Å². The second-order valence-corrected chi connectivity index (χ2v) is 11.9. The molecule has 3 nitrogen and oxygen atoms in total. The van der Waals surface area contributed by atoms with Gasteiger partial charge in [0.05, 0.1) is 18.8 Å². The van der Waals surface area contributed by atoms with Crippen molar-refractivity contribution >= 4 is 0 Å². The van der Waals surface area contributed by atoms with Crippen molar-refractivity contribution < 1.29 is 9.84 Å². The zero-order valence-electron chi connectivity index (χ0n) is 18.9. The van der Waals surface area contributed by atoms with Crippen LogP contribution >= 0.6 is 0 Å². The van der Waals surface area contributed by atoms with Crippen LogP contribution < -0.4 is 0 Å². The van der Waals surface area contributed by atoms with Gasteiger partial charge in [-0.25, -0.2) is 0 Å². The molecule has 1 N–H and O–H groups in total. The molecule has 1 saturated heterocycles. The van der Waals surface area contributed by atoms with Crippen molar-refractivity contribution in [2.75, 3.05) is 32.8 Å². The maximum absolute atomic E-state index is 10.6. The van der Waals surface area contributed by atoms with Crippen molar-refractivity contribution in [1.82, 2.24) is 4.90 Å². The standard InChI is InChI=1S/C26H43NO2/c1-18(17-27-12-14-29-15-13-27)23-6-7-24-22-5-4-19-16-25(2,28)10-8-20(19)21(22)9-11-26(23,24)3/h19-24,28H,1,4-17H2,2-3H3/t19-,20+,21-,22-,23-,24+,25+,26-/m1/s1. The van der Waals surface area contributed by atoms with Gasteiger partial charge < -0.3 is 9.84 Å². The quantitative estimate of drug-likeness (QED) is 0.683. The molecule has 0 unspecified atom stereocenters. The van der Waals surface area contributed by atoms with Crippen LogP contribution in [0.4, 0.5) is 0 Å². The monoisotopic (exact) mass is 401 g/mol. The Bertz CT molecular complexity index is 624. The van der Waals surface area contributed by atoms with Crippen LogP contribution in [-0.2, 0) is 4.74 Å². The molecule has 164 valence electrons. The van der Waals surface area contributed by atoms with Gasteiger partial charge in [-0.1, -0.05) is 19.1 Å². The molecule has 0 aromatic rings. The molecule has 5 fully saturated rings. The van der Waals surface area contributed by atoms with E-state index in [1.165, 1.54) is 50.5 Å². The Labute approximate surface area is 178 Å². The van der Waals surface area contributed by atoms with Crippen molar-refractivity contribution in [3.63, 3.8) is 0 Å². The number of hydrogen-bond donors (Lipinski definition) is 1. The number of morpholine rings is 1. The molecule has 1 heterocycles. The van der Waals surface area contributed by atoms with E-state index in [2.05, 4.69) is 25.3 Å². The van der Waals surface area contributed by atoms with E-state index >= 15 is 0 Å². The highest BCUT2D eigenvalue weighted by Crippen LogP contribution is 2.65. The van der Waals surface area contributed by atoms with Crippen LogP contribution in [0.1, 0.15) is 71.6 Å². The van der Waals surface area contributed by atoms with E-state index < -0.39 is 5.60 Å². The van der Waals surface area contributed by atoms with Gasteiger partial charge >= 0.3 is 0 Å². The first-order chi connectivity index (χ1) is 13.9. The van der Waals surface area contributed by atoms with Crippen LogP contribution in [-0.4, -0.2) is 48.5 Å². The molecule has 5 rings (SSSR count). The Balaban J connectivity index is 1.28. The second kappa shape index (κ2) is 7.64. The van der Waals surface area contributed by atoms with Gasteiger partial charge in [-0.05, 0) is 106 Å². The molecule has 5 aliphatic rings. The third kappa shape index (κ3) is 3.64. The topological polar surface area (TPSA) is 32.7 Å². The lowest BCUT2D eigenvalue weighted by Gasteiger charge is -2.57. The first-order valence-electron chi connectivity index (χ1n) is 12.6. The zero-order valence-corrected chi connectivity index (χ0v) is 18.9. The minimum Gasteiger partial charge on any atom is -0.390 e. The number of aliphatic hydroxyl groups is 1. The Morgan fingerprint density at radius 1 is 0.966 bits per heavy atom. The summed E-state index contributed by atoms with van der Waals surface area (Å²) in [6.07, 6.45) is 11.8. The van der Waals surface area contributed by atoms with Crippen LogP contribution in [0.2, 0.25) is 0 Å². The van der Waals surface area contributed by atoms with Crippen LogP contribution in [0.15, 0.2) is 12.2 Å². The van der Waals surface area contributed by atoms with Gasteiger partial charge in [-0.2, -0.15) is 0 Å². The fourth-order valence-corrected chi connectivity index (χ4v) is 8.91. The van der Waals surface area contributed by atoms with E-state index in [-0.39, 0.29) is 0 Å². The third-order valence-electron chi connectivity index (χ3n) is 10.3. The summed E-state index contributed by atoms with van der Waals surface area (Å²) in [7, 11) is 0. The van der Waals surface area contributed by atoms with Crippen LogP contribution in [0.25, 0.3) is 0 Å². The highest BCUT2D eigenvalue weighted by atomic mass is 16.5. The summed E-state index contributed by atoms with van der Waals surface area (Å²) in [6.45, 7) is 14.4. The van der Waals surface area contributed by atoms with Gasteiger partial charge in [0.1, 0.15) is 0 Å². The molecule has 29 heavy (non-hydrogen) atoms. The Hall–Kier alpha value is -0.380. The van der Waals surface area contributed by atoms with E-state index in [4.69, 9.17) is 4.74 Å².